The van der Waals surface area contributed by atoms with Crippen LogP contribution in [-0.2, 0) is 24.0 Å². The number of primary amides is 1. The van der Waals surface area contributed by atoms with Crippen LogP contribution in [0.1, 0.15) is 19.3 Å². The molecule has 0 aromatic heterocycles. The predicted octanol–water partition coefficient (Wildman–Crippen LogP) is -3.20. The molecule has 1 aliphatic rings. The normalized spacial score (nSPS) is 18.7. The first-order valence-corrected chi connectivity index (χ1v) is 8.56. The van der Waals surface area contributed by atoms with Gasteiger partial charge in [-0.3, -0.25) is 19.2 Å². The molecule has 0 aliphatic carbocycles. The van der Waals surface area contributed by atoms with Crippen LogP contribution in [0.2, 0.25) is 0 Å². The van der Waals surface area contributed by atoms with Gasteiger partial charge in [0.1, 0.15) is 18.1 Å². The number of hydrogen-bond acceptors (Lipinski definition) is 7. The van der Waals surface area contributed by atoms with Gasteiger partial charge >= 0.3 is 5.97 Å². The molecule has 0 bridgehead atoms. The number of carbonyl (C=O) groups is 5. The average molecular weight is 389 g/mol. The quantitative estimate of drug-likeness (QED) is 0.224. The van der Waals surface area contributed by atoms with Gasteiger partial charge in [0.15, 0.2) is 0 Å². The summed E-state index contributed by atoms with van der Waals surface area (Å²) < 4.78 is 0. The number of aliphatic carboxylic acids is 1. The van der Waals surface area contributed by atoms with Crippen molar-refractivity contribution in [3.05, 3.63) is 0 Å². The second kappa shape index (κ2) is 9.97. The fraction of sp³-hybridized carbons (Fsp3) is 0.643. The largest absolute Gasteiger partial charge is 0.480 e. The maximum atomic E-state index is 12.6. The number of likely N-dealkylation sites (tertiary alicyclic amines) is 1. The lowest BCUT2D eigenvalue weighted by Crippen LogP contribution is -2.57. The van der Waals surface area contributed by atoms with E-state index in [9.17, 15) is 29.1 Å². The molecule has 0 aromatic carbocycles. The van der Waals surface area contributed by atoms with E-state index in [1.54, 1.807) is 0 Å². The van der Waals surface area contributed by atoms with E-state index in [0.29, 0.717) is 6.42 Å². The van der Waals surface area contributed by atoms with Gasteiger partial charge in [-0.15, -0.1) is 0 Å². The van der Waals surface area contributed by atoms with E-state index >= 15 is 0 Å². The summed E-state index contributed by atoms with van der Waals surface area (Å²) in [5, 5.41) is 13.8. The first-order chi connectivity index (χ1) is 12.2. The van der Waals surface area contributed by atoms with Crippen LogP contribution in [0.5, 0.6) is 0 Å². The molecule has 1 saturated heterocycles. The molecule has 0 spiro atoms. The number of nitrogens with zero attached hydrogens (tertiary/aromatic N) is 1. The fourth-order valence-electron chi connectivity index (χ4n) is 2.61. The van der Waals surface area contributed by atoms with Crippen molar-refractivity contribution in [2.24, 2.45) is 11.5 Å². The van der Waals surface area contributed by atoms with Crippen molar-refractivity contribution in [3.8, 4) is 0 Å². The van der Waals surface area contributed by atoms with E-state index in [1.165, 1.54) is 0 Å². The van der Waals surface area contributed by atoms with Crippen LogP contribution in [0.25, 0.3) is 0 Å². The van der Waals surface area contributed by atoms with Gasteiger partial charge < -0.3 is 32.1 Å². The van der Waals surface area contributed by atoms with Crippen LogP contribution >= 0.6 is 12.6 Å². The minimum Gasteiger partial charge on any atom is -0.480 e. The molecule has 0 saturated carbocycles. The molecular weight excluding hydrogens is 366 g/mol. The van der Waals surface area contributed by atoms with Gasteiger partial charge in [-0.05, 0) is 12.8 Å². The number of hydrogen-bond donors (Lipinski definition) is 6. The van der Waals surface area contributed by atoms with Gasteiger partial charge in [0.2, 0.25) is 23.6 Å². The molecular formula is C14H23N5O6S. The Balaban J connectivity index is 2.90. The third kappa shape index (κ3) is 5.88. The molecule has 4 amide bonds. The Morgan fingerprint density at radius 2 is 1.85 bits per heavy atom. The zero-order valence-electron chi connectivity index (χ0n) is 14.0. The minimum absolute atomic E-state index is 0.0729. The number of nitrogens with two attached hydrogens (primary N) is 2. The molecule has 1 fully saturated rings. The maximum absolute atomic E-state index is 12.6. The van der Waals surface area contributed by atoms with Gasteiger partial charge in [0, 0.05) is 12.3 Å². The van der Waals surface area contributed by atoms with Gasteiger partial charge in [-0.1, -0.05) is 0 Å². The van der Waals surface area contributed by atoms with Crippen LogP contribution in [0.4, 0.5) is 0 Å². The summed E-state index contributed by atoms with van der Waals surface area (Å²) in [5.41, 5.74) is 10.3. The minimum atomic E-state index is -1.34. The third-order valence-electron chi connectivity index (χ3n) is 3.86. The Bertz CT molecular complexity index is 586. The second-order valence-corrected chi connectivity index (χ2v) is 6.13. The van der Waals surface area contributed by atoms with Crippen LogP contribution < -0.4 is 22.1 Å². The first kappa shape index (κ1) is 21.7. The number of nitrogens with one attached hydrogen (secondary N) is 2. The van der Waals surface area contributed by atoms with Gasteiger partial charge in [-0.2, -0.15) is 12.6 Å². The second-order valence-electron chi connectivity index (χ2n) is 5.77. The first-order valence-electron chi connectivity index (χ1n) is 7.93. The molecule has 26 heavy (non-hydrogen) atoms. The number of carbonyl (C=O) groups excluding carboxylic acids is 4. The smallest absolute Gasteiger partial charge is 0.326 e. The molecule has 0 aromatic rings. The van der Waals surface area contributed by atoms with E-state index in [2.05, 4.69) is 23.3 Å². The van der Waals surface area contributed by atoms with E-state index in [1.807, 2.05) is 0 Å². The number of thiol groups is 1. The summed E-state index contributed by atoms with van der Waals surface area (Å²) in [7, 11) is 0. The predicted molar refractivity (Wildman–Crippen MR) is 93.0 cm³/mol. The molecule has 3 atom stereocenters. The summed E-state index contributed by atoms with van der Waals surface area (Å²) in [4.78, 5) is 59.9. The molecule has 7 N–H and O–H groups in total. The molecule has 146 valence electrons. The number of carboxylic acid groups (broad SMARTS) is 1. The van der Waals surface area contributed by atoms with Crippen molar-refractivity contribution < 1.29 is 29.1 Å². The van der Waals surface area contributed by atoms with Crippen molar-refractivity contribution in [3.63, 3.8) is 0 Å². The summed E-state index contributed by atoms with van der Waals surface area (Å²) in [6.45, 7) is -0.143. The molecule has 0 radical (unpaired) electrons. The monoisotopic (exact) mass is 389 g/mol. The van der Waals surface area contributed by atoms with E-state index in [4.69, 9.17) is 11.5 Å². The van der Waals surface area contributed by atoms with Crippen molar-refractivity contribution in [1.82, 2.24) is 15.5 Å². The Morgan fingerprint density at radius 3 is 2.35 bits per heavy atom. The maximum Gasteiger partial charge on any atom is 0.326 e. The van der Waals surface area contributed by atoms with Crippen LogP contribution in [0, 0.1) is 0 Å². The van der Waals surface area contributed by atoms with Gasteiger partial charge in [0.25, 0.3) is 0 Å². The lowest BCUT2D eigenvalue weighted by molar-refractivity contribution is -0.149. The molecule has 1 rings (SSSR count). The Morgan fingerprint density at radius 1 is 1.19 bits per heavy atom. The number of rotatable bonds is 9. The van der Waals surface area contributed by atoms with Crippen molar-refractivity contribution in [2.45, 2.75) is 37.4 Å². The molecule has 12 heteroatoms. The standard InChI is InChI=1S/C14H23N5O6S/c15-5-11(21)17-8(6-26)12(22)18-7(4-10(16)20)13(23)19-3-1-2-9(19)14(24)25/h7-9,26H,1-6,15H2,(H2,16,20)(H,17,21)(H,18,22)(H,24,25)/t7-,8-,9-/m0/s1. The third-order valence-corrected chi connectivity index (χ3v) is 4.23. The Kier molecular flexibility index (Phi) is 8.32. The highest BCUT2D eigenvalue weighted by Crippen LogP contribution is 2.19. The molecule has 1 aliphatic heterocycles. The van der Waals surface area contributed by atoms with Crippen LogP contribution in [0.3, 0.4) is 0 Å². The van der Waals surface area contributed by atoms with Crippen LogP contribution in [-0.4, -0.2) is 76.6 Å². The molecule has 1 heterocycles. The summed E-state index contributed by atoms with van der Waals surface area (Å²) >= 11 is 3.96. The SMILES string of the molecule is NCC(=O)N[C@@H](CS)C(=O)N[C@@H](CC(N)=O)C(=O)N1CCC[C@H]1C(=O)O. The summed E-state index contributed by atoms with van der Waals surface area (Å²) in [5.74, 6) is -4.15. The van der Waals surface area contributed by atoms with E-state index in [-0.39, 0.29) is 25.3 Å². The lowest BCUT2D eigenvalue weighted by Gasteiger charge is -2.28. The topological polar surface area (TPSA) is 185 Å². The highest BCUT2D eigenvalue weighted by molar-refractivity contribution is 7.80. The highest BCUT2D eigenvalue weighted by atomic mass is 32.1. The van der Waals surface area contributed by atoms with Gasteiger partial charge in [-0.25, -0.2) is 4.79 Å². The highest BCUT2D eigenvalue weighted by Gasteiger charge is 2.38. The Labute approximate surface area is 155 Å². The zero-order chi connectivity index (χ0) is 19.9. The van der Waals surface area contributed by atoms with Gasteiger partial charge in [0.05, 0.1) is 13.0 Å². The van der Waals surface area contributed by atoms with Crippen LogP contribution in [0.15, 0.2) is 0 Å². The molecule has 11 nitrogen and oxygen atoms in total. The van der Waals surface area contributed by atoms with E-state index in [0.717, 1.165) is 4.90 Å². The average Bonchev–Trinajstić information content (AvgIpc) is 3.07. The van der Waals surface area contributed by atoms with Crippen molar-refractivity contribution >= 4 is 42.2 Å². The summed E-state index contributed by atoms with van der Waals surface area (Å²) in [6, 6.07) is -3.43. The van der Waals surface area contributed by atoms with Crippen molar-refractivity contribution in [1.29, 1.82) is 0 Å². The lowest BCUT2D eigenvalue weighted by atomic mass is 10.1. The Hall–Kier alpha value is -2.34. The van der Waals surface area contributed by atoms with Crippen molar-refractivity contribution in [2.75, 3.05) is 18.8 Å². The number of amides is 4. The van der Waals surface area contributed by atoms with E-state index < -0.39 is 54.1 Å². The summed E-state index contributed by atoms with van der Waals surface area (Å²) in [6.07, 6.45) is 0.271. The number of carboxylic acids is 1. The fourth-order valence-corrected chi connectivity index (χ4v) is 2.87. The zero-order valence-corrected chi connectivity index (χ0v) is 14.9. The molecule has 0 unspecified atom stereocenters.